The van der Waals surface area contributed by atoms with E-state index in [4.69, 9.17) is 16.6 Å². The summed E-state index contributed by atoms with van der Waals surface area (Å²) in [6.45, 7) is 0.562. The van der Waals surface area contributed by atoms with Crippen molar-refractivity contribution in [3.05, 3.63) is 0 Å². The Morgan fingerprint density at radius 1 is 1.29 bits per heavy atom. The summed E-state index contributed by atoms with van der Waals surface area (Å²) in [5.74, 6) is 0. The monoisotopic (exact) mass is 105 g/mol. The fraction of sp³-hybridized carbons (Fsp3) is 1.00. The number of nitrogens with zero attached hydrogens (tertiary/aromatic N) is 1. The van der Waals surface area contributed by atoms with Crippen LogP contribution >= 0.6 is 0 Å². The van der Waals surface area contributed by atoms with Crippen LogP contribution in [-0.2, 0) is 0 Å². The largest absolute Gasteiger partial charge is 0.381 e. The van der Waals surface area contributed by atoms with Crippen molar-refractivity contribution >= 4 is 0 Å². The van der Waals surface area contributed by atoms with Crippen molar-refractivity contribution in [1.29, 1.82) is 0 Å². The predicted molar refractivity (Wildman–Crippen MR) is 27.0 cm³/mol. The minimum absolute atomic E-state index is 0.0625. The van der Waals surface area contributed by atoms with Crippen LogP contribution in [0.25, 0.3) is 0 Å². The molecule has 0 aliphatic heterocycles. The molecule has 0 heterocycles. The van der Waals surface area contributed by atoms with Gasteiger partial charge in [0.05, 0.1) is 6.73 Å². The Labute approximate surface area is 42.7 Å². The van der Waals surface area contributed by atoms with Crippen molar-refractivity contribution in [1.82, 2.24) is 4.90 Å². The lowest BCUT2D eigenvalue weighted by atomic mass is 10.8. The summed E-state index contributed by atoms with van der Waals surface area (Å²) in [5.41, 5.74) is 10.2. The third kappa shape index (κ3) is 2.52. The van der Waals surface area contributed by atoms with Gasteiger partial charge in [-0.05, 0) is 0 Å². The highest BCUT2D eigenvalue weighted by Gasteiger charge is 1.90. The Hall–Kier alpha value is -0.160. The van der Waals surface area contributed by atoms with E-state index in [1.54, 1.807) is 0 Å². The third-order valence-corrected chi connectivity index (χ3v) is 0.716. The van der Waals surface area contributed by atoms with Crippen LogP contribution in [0.1, 0.15) is 0 Å². The normalized spacial score (nSPS) is 10.3. The second-order valence-electron chi connectivity index (χ2n) is 1.18. The van der Waals surface area contributed by atoms with Crippen molar-refractivity contribution in [2.24, 2.45) is 11.5 Å². The zero-order valence-corrected chi connectivity index (χ0v) is 4.17. The first-order valence-electron chi connectivity index (χ1n) is 2.08. The Bertz CT molecular complexity index is 31.7. The number of hydrogen-bond acceptors (Lipinski definition) is 4. The molecule has 0 spiro atoms. The summed E-state index contributed by atoms with van der Waals surface area (Å²) in [5, 5.41) is 8.29. The standard InChI is InChI=1S/C3H11N3O/c4-1-6(2-5)3-7/h7H,1-5H2. The van der Waals surface area contributed by atoms with Crippen molar-refractivity contribution in [3.8, 4) is 0 Å². The molecule has 0 rings (SSSR count). The maximum absolute atomic E-state index is 8.29. The number of aliphatic hydroxyl groups is 1. The van der Waals surface area contributed by atoms with E-state index in [0.717, 1.165) is 0 Å². The van der Waals surface area contributed by atoms with Crippen LogP contribution in [0, 0.1) is 0 Å². The van der Waals surface area contributed by atoms with E-state index in [0.29, 0.717) is 13.3 Å². The van der Waals surface area contributed by atoms with Crippen LogP contribution in [0.5, 0.6) is 0 Å². The molecule has 0 aromatic carbocycles. The van der Waals surface area contributed by atoms with Gasteiger partial charge in [-0.3, -0.25) is 4.90 Å². The second kappa shape index (κ2) is 4.01. The van der Waals surface area contributed by atoms with Gasteiger partial charge in [0.15, 0.2) is 0 Å². The maximum Gasteiger partial charge on any atom is 0.0976 e. The van der Waals surface area contributed by atoms with Gasteiger partial charge >= 0.3 is 0 Å². The van der Waals surface area contributed by atoms with Crippen molar-refractivity contribution in [2.45, 2.75) is 0 Å². The van der Waals surface area contributed by atoms with Crippen LogP contribution in [0.3, 0.4) is 0 Å². The highest BCUT2D eigenvalue weighted by Crippen LogP contribution is 1.70. The van der Waals surface area contributed by atoms with Crippen LogP contribution in [0.4, 0.5) is 0 Å². The summed E-state index contributed by atoms with van der Waals surface area (Å²) < 4.78 is 0. The third-order valence-electron chi connectivity index (χ3n) is 0.716. The average molecular weight is 105 g/mol. The first kappa shape index (κ1) is 6.84. The molecule has 5 N–H and O–H groups in total. The van der Waals surface area contributed by atoms with Crippen LogP contribution < -0.4 is 11.5 Å². The first-order chi connectivity index (χ1) is 3.35. The maximum atomic E-state index is 8.29. The molecule has 44 valence electrons. The molecule has 4 heteroatoms. The van der Waals surface area contributed by atoms with Crippen LogP contribution in [0.2, 0.25) is 0 Å². The fourth-order valence-electron chi connectivity index (χ4n) is 0.190. The fourth-order valence-corrected chi connectivity index (χ4v) is 0.190. The molecule has 0 aromatic rings. The summed E-state index contributed by atoms with van der Waals surface area (Å²) in [7, 11) is 0. The Morgan fingerprint density at radius 3 is 1.71 bits per heavy atom. The molecule has 0 unspecified atom stereocenters. The van der Waals surface area contributed by atoms with Crippen molar-refractivity contribution in [2.75, 3.05) is 20.1 Å². The average Bonchev–Trinajstić information content (AvgIpc) is 1.72. The molecule has 0 aliphatic rings. The van der Waals surface area contributed by atoms with E-state index in [9.17, 15) is 0 Å². The predicted octanol–water partition coefficient (Wildman–Crippen LogP) is -1.93. The highest BCUT2D eigenvalue weighted by atomic mass is 16.3. The van der Waals surface area contributed by atoms with E-state index >= 15 is 0 Å². The van der Waals surface area contributed by atoms with Gasteiger partial charge in [0.2, 0.25) is 0 Å². The van der Waals surface area contributed by atoms with Gasteiger partial charge in [0.25, 0.3) is 0 Å². The molecule has 0 atom stereocenters. The molecule has 0 fully saturated rings. The highest BCUT2D eigenvalue weighted by molar-refractivity contribution is 4.36. The van der Waals surface area contributed by atoms with Gasteiger partial charge in [-0.15, -0.1) is 0 Å². The summed E-state index contributed by atoms with van der Waals surface area (Å²) in [4.78, 5) is 1.49. The lowest BCUT2D eigenvalue weighted by molar-refractivity contribution is 0.113. The lowest BCUT2D eigenvalue weighted by Crippen LogP contribution is -2.35. The van der Waals surface area contributed by atoms with E-state index in [1.807, 2.05) is 0 Å². The van der Waals surface area contributed by atoms with Gasteiger partial charge in [-0.25, -0.2) is 0 Å². The molecule has 0 radical (unpaired) electrons. The molecule has 0 saturated heterocycles. The molecular formula is C3H11N3O. The Kier molecular flexibility index (Phi) is 3.92. The molecule has 0 aliphatic carbocycles. The zero-order valence-electron chi connectivity index (χ0n) is 4.17. The smallest absolute Gasteiger partial charge is 0.0976 e. The molecule has 0 bridgehead atoms. The number of hydrogen-bond donors (Lipinski definition) is 3. The minimum Gasteiger partial charge on any atom is -0.381 e. The molecular weight excluding hydrogens is 94.1 g/mol. The van der Waals surface area contributed by atoms with Gasteiger partial charge < -0.3 is 16.6 Å². The summed E-state index contributed by atoms with van der Waals surface area (Å²) in [6.07, 6.45) is 0. The van der Waals surface area contributed by atoms with Crippen LogP contribution in [-0.4, -0.2) is 30.1 Å². The molecule has 0 saturated carbocycles. The summed E-state index contributed by atoms with van der Waals surface area (Å²) >= 11 is 0. The second-order valence-corrected chi connectivity index (χ2v) is 1.18. The Balaban J connectivity index is 2.99. The van der Waals surface area contributed by atoms with Crippen molar-refractivity contribution in [3.63, 3.8) is 0 Å². The number of rotatable bonds is 3. The van der Waals surface area contributed by atoms with E-state index < -0.39 is 0 Å². The number of nitrogens with two attached hydrogens (primary N) is 2. The van der Waals surface area contributed by atoms with Gasteiger partial charge in [0, 0.05) is 13.3 Å². The van der Waals surface area contributed by atoms with Crippen LogP contribution in [0.15, 0.2) is 0 Å². The van der Waals surface area contributed by atoms with Gasteiger partial charge in [-0.2, -0.15) is 0 Å². The van der Waals surface area contributed by atoms with E-state index in [1.165, 1.54) is 4.90 Å². The van der Waals surface area contributed by atoms with Gasteiger partial charge in [-0.1, -0.05) is 0 Å². The van der Waals surface area contributed by atoms with E-state index in [-0.39, 0.29) is 6.73 Å². The van der Waals surface area contributed by atoms with E-state index in [2.05, 4.69) is 0 Å². The Morgan fingerprint density at radius 2 is 1.71 bits per heavy atom. The molecule has 4 nitrogen and oxygen atoms in total. The zero-order chi connectivity index (χ0) is 5.70. The quantitative estimate of drug-likeness (QED) is 0.365. The summed E-state index contributed by atoms with van der Waals surface area (Å²) in [6, 6.07) is 0. The lowest BCUT2D eigenvalue weighted by Gasteiger charge is -2.11. The molecule has 0 aromatic heterocycles. The topological polar surface area (TPSA) is 75.5 Å². The minimum atomic E-state index is -0.0625. The first-order valence-corrected chi connectivity index (χ1v) is 2.08. The SMILES string of the molecule is NCN(CN)CO. The number of aliphatic hydroxyl groups excluding tert-OH is 1. The van der Waals surface area contributed by atoms with Crippen molar-refractivity contribution < 1.29 is 5.11 Å². The molecule has 0 amide bonds. The molecule has 7 heavy (non-hydrogen) atoms. The van der Waals surface area contributed by atoms with Gasteiger partial charge in [0.1, 0.15) is 0 Å².